The fourth-order valence-corrected chi connectivity index (χ4v) is 2.92. The van der Waals surface area contributed by atoms with Gasteiger partial charge in [-0.15, -0.1) is 0 Å². The number of rotatable bonds is 6. The Morgan fingerprint density at radius 2 is 1.88 bits per heavy atom. The molecule has 1 aromatic rings. The van der Waals surface area contributed by atoms with Crippen LogP contribution in [0.1, 0.15) is 12.8 Å². The van der Waals surface area contributed by atoms with Crippen LogP contribution < -0.4 is 5.32 Å². The molecule has 0 unspecified atom stereocenters. The average Bonchev–Trinajstić information content (AvgIpc) is 3.09. The van der Waals surface area contributed by atoms with Crippen molar-refractivity contribution < 1.29 is 8.42 Å². The Labute approximate surface area is 107 Å². The van der Waals surface area contributed by atoms with Crippen molar-refractivity contribution in [2.24, 2.45) is 5.92 Å². The first-order valence-corrected chi connectivity index (χ1v) is 7.80. The fraction of sp³-hybridized carbons (Fsp3) is 0.500. The van der Waals surface area contributed by atoms with E-state index in [0.29, 0.717) is 16.5 Å². The minimum absolute atomic E-state index is 0.140. The number of hydrogen-bond acceptors (Lipinski definition) is 3. The second-order valence-electron chi connectivity index (χ2n) is 4.42. The second kappa shape index (κ2) is 5.38. The number of halogens is 1. The van der Waals surface area contributed by atoms with Crippen LogP contribution in [0.2, 0.25) is 5.02 Å². The molecule has 0 spiro atoms. The largest absolute Gasteiger partial charge is 0.315 e. The summed E-state index contributed by atoms with van der Waals surface area (Å²) in [5, 5.41) is 3.73. The maximum Gasteiger partial charge on any atom is 0.179 e. The monoisotopic (exact) mass is 273 g/mol. The van der Waals surface area contributed by atoms with E-state index in [1.54, 1.807) is 24.3 Å². The summed E-state index contributed by atoms with van der Waals surface area (Å²) in [7, 11) is -3.18. The van der Waals surface area contributed by atoms with Gasteiger partial charge in [0.05, 0.1) is 10.6 Å². The molecule has 0 saturated heterocycles. The molecule has 0 atom stereocenters. The highest BCUT2D eigenvalue weighted by molar-refractivity contribution is 7.91. The Kier molecular flexibility index (Phi) is 4.07. The lowest BCUT2D eigenvalue weighted by Gasteiger charge is -2.05. The highest BCUT2D eigenvalue weighted by Gasteiger charge is 2.20. The van der Waals surface area contributed by atoms with Crippen molar-refractivity contribution in [2.45, 2.75) is 17.7 Å². The molecule has 1 aliphatic carbocycles. The van der Waals surface area contributed by atoms with Crippen LogP contribution in [0.4, 0.5) is 0 Å². The van der Waals surface area contributed by atoms with Crippen molar-refractivity contribution in [3.8, 4) is 0 Å². The van der Waals surface area contributed by atoms with Crippen LogP contribution in [0, 0.1) is 5.92 Å². The van der Waals surface area contributed by atoms with E-state index in [9.17, 15) is 8.42 Å². The molecule has 2 rings (SSSR count). The third-order valence-corrected chi connectivity index (χ3v) is 4.83. The first-order valence-electron chi connectivity index (χ1n) is 5.77. The Morgan fingerprint density at radius 3 is 2.47 bits per heavy atom. The van der Waals surface area contributed by atoms with Crippen molar-refractivity contribution in [2.75, 3.05) is 18.8 Å². The maximum atomic E-state index is 11.9. The van der Waals surface area contributed by atoms with Crippen molar-refractivity contribution >= 4 is 21.4 Å². The summed E-state index contributed by atoms with van der Waals surface area (Å²) in [6, 6.07) is 6.31. The predicted molar refractivity (Wildman–Crippen MR) is 69.1 cm³/mol. The van der Waals surface area contributed by atoms with E-state index < -0.39 is 9.84 Å². The molecule has 0 aliphatic heterocycles. The van der Waals surface area contributed by atoms with Crippen molar-refractivity contribution in [3.05, 3.63) is 29.3 Å². The van der Waals surface area contributed by atoms with Crippen LogP contribution in [0.25, 0.3) is 0 Å². The van der Waals surface area contributed by atoms with Crippen molar-refractivity contribution in [1.82, 2.24) is 5.32 Å². The molecule has 94 valence electrons. The lowest BCUT2D eigenvalue weighted by molar-refractivity contribution is 0.588. The summed E-state index contributed by atoms with van der Waals surface area (Å²) < 4.78 is 23.8. The molecule has 0 amide bonds. The summed E-state index contributed by atoms with van der Waals surface area (Å²) in [5.41, 5.74) is 0. The predicted octanol–water partition coefficient (Wildman–Crippen LogP) is 2.11. The van der Waals surface area contributed by atoms with Gasteiger partial charge in [-0.1, -0.05) is 11.6 Å². The molecular weight excluding hydrogens is 258 g/mol. The Hall–Kier alpha value is -0.580. The highest BCUT2D eigenvalue weighted by Crippen LogP contribution is 2.27. The van der Waals surface area contributed by atoms with Gasteiger partial charge in [-0.25, -0.2) is 8.42 Å². The Bertz CT molecular complexity index is 466. The summed E-state index contributed by atoms with van der Waals surface area (Å²) in [5.74, 6) is 0.912. The molecule has 1 aliphatic rings. The molecule has 0 aromatic heterocycles. The van der Waals surface area contributed by atoms with Crippen molar-refractivity contribution in [1.29, 1.82) is 0 Å². The minimum atomic E-state index is -3.18. The molecule has 1 saturated carbocycles. The smallest absolute Gasteiger partial charge is 0.179 e. The second-order valence-corrected chi connectivity index (χ2v) is 6.97. The van der Waals surface area contributed by atoms with Gasteiger partial charge >= 0.3 is 0 Å². The minimum Gasteiger partial charge on any atom is -0.315 e. The van der Waals surface area contributed by atoms with Crippen LogP contribution in [-0.2, 0) is 9.84 Å². The molecule has 3 nitrogen and oxygen atoms in total. The highest BCUT2D eigenvalue weighted by atomic mass is 35.5. The Morgan fingerprint density at radius 1 is 1.24 bits per heavy atom. The van der Waals surface area contributed by atoms with Crippen molar-refractivity contribution in [3.63, 3.8) is 0 Å². The molecule has 1 fully saturated rings. The molecule has 17 heavy (non-hydrogen) atoms. The normalized spacial score (nSPS) is 16.1. The molecule has 0 radical (unpaired) electrons. The molecule has 1 N–H and O–H groups in total. The van der Waals surface area contributed by atoms with Gasteiger partial charge in [0.15, 0.2) is 9.84 Å². The third kappa shape index (κ3) is 3.98. The van der Waals surface area contributed by atoms with Gasteiger partial charge in [0.1, 0.15) is 0 Å². The first kappa shape index (κ1) is 12.9. The van der Waals surface area contributed by atoms with Crippen LogP contribution in [0.3, 0.4) is 0 Å². The number of nitrogens with one attached hydrogen (secondary N) is 1. The van der Waals surface area contributed by atoms with E-state index in [2.05, 4.69) is 5.32 Å². The average molecular weight is 274 g/mol. The van der Waals surface area contributed by atoms with E-state index in [1.165, 1.54) is 12.8 Å². The first-order chi connectivity index (χ1) is 8.08. The van der Waals surface area contributed by atoms with Gasteiger partial charge in [0.25, 0.3) is 0 Å². The van der Waals surface area contributed by atoms with Gasteiger partial charge in [-0.3, -0.25) is 0 Å². The molecule has 5 heteroatoms. The van der Waals surface area contributed by atoms with E-state index in [-0.39, 0.29) is 5.75 Å². The van der Waals surface area contributed by atoms with Gasteiger partial charge in [0.2, 0.25) is 0 Å². The topological polar surface area (TPSA) is 46.2 Å². The van der Waals surface area contributed by atoms with E-state index in [0.717, 1.165) is 12.5 Å². The SMILES string of the molecule is O=S(=O)(CCNCC1CC1)c1ccc(Cl)cc1. The zero-order valence-corrected chi connectivity index (χ0v) is 11.1. The quantitative estimate of drug-likeness (QED) is 0.808. The van der Waals surface area contributed by atoms with E-state index in [4.69, 9.17) is 11.6 Å². The lowest BCUT2D eigenvalue weighted by Crippen LogP contribution is -2.24. The van der Waals surface area contributed by atoms with Gasteiger partial charge in [-0.05, 0) is 49.6 Å². The number of benzene rings is 1. The third-order valence-electron chi connectivity index (χ3n) is 2.85. The summed E-state index contributed by atoms with van der Waals surface area (Å²) in [4.78, 5) is 0.343. The van der Waals surface area contributed by atoms with Crippen LogP contribution in [-0.4, -0.2) is 27.3 Å². The van der Waals surface area contributed by atoms with Gasteiger partial charge in [-0.2, -0.15) is 0 Å². The van der Waals surface area contributed by atoms with Crippen LogP contribution in [0.5, 0.6) is 0 Å². The zero-order chi connectivity index (χ0) is 12.3. The molecule has 1 aromatic carbocycles. The van der Waals surface area contributed by atoms with E-state index in [1.807, 2.05) is 0 Å². The van der Waals surface area contributed by atoms with Gasteiger partial charge < -0.3 is 5.32 Å². The van der Waals surface area contributed by atoms with Crippen LogP contribution >= 0.6 is 11.6 Å². The number of sulfone groups is 1. The van der Waals surface area contributed by atoms with Gasteiger partial charge in [0, 0.05) is 11.6 Å². The molecular formula is C12H16ClNO2S. The summed E-state index contributed by atoms with van der Waals surface area (Å²) >= 11 is 5.72. The fourth-order valence-electron chi connectivity index (χ4n) is 1.59. The number of hydrogen-bond donors (Lipinski definition) is 1. The zero-order valence-electron chi connectivity index (χ0n) is 9.52. The lowest BCUT2D eigenvalue weighted by atomic mass is 10.4. The standard InChI is InChI=1S/C12H16ClNO2S/c13-11-3-5-12(6-4-11)17(15,16)8-7-14-9-10-1-2-10/h3-6,10,14H,1-2,7-9H2. The summed E-state index contributed by atoms with van der Waals surface area (Å²) in [6.45, 7) is 1.46. The van der Waals surface area contributed by atoms with Crippen LogP contribution in [0.15, 0.2) is 29.2 Å². The Balaban J connectivity index is 1.86. The molecule has 0 bridgehead atoms. The molecule has 0 heterocycles. The van der Waals surface area contributed by atoms with E-state index >= 15 is 0 Å². The maximum absolute atomic E-state index is 11.9. The summed E-state index contributed by atoms with van der Waals surface area (Å²) in [6.07, 6.45) is 2.55.